The number of amides is 3. The maximum absolute atomic E-state index is 13.4. The molecule has 1 N–H and O–H groups in total. The standard InChI is InChI=1S/C26H21FN4O2/c1-26(20-12-14-21(27)15-13-20)24(32)30(25(33)28-26)16-19-17-31(22-10-6-3-7-11-22)29-23(19)18-8-4-2-5-9-18/h2-15,17H,16H2,1H3,(H,28,33). The molecule has 1 aliphatic rings. The number of nitrogens with one attached hydrogen (secondary N) is 1. The number of halogens is 1. The van der Waals surface area contributed by atoms with Crippen LogP contribution < -0.4 is 5.32 Å². The van der Waals surface area contributed by atoms with Gasteiger partial charge in [0.15, 0.2) is 0 Å². The van der Waals surface area contributed by atoms with Gasteiger partial charge in [0.1, 0.15) is 11.4 Å². The summed E-state index contributed by atoms with van der Waals surface area (Å²) < 4.78 is 15.1. The lowest BCUT2D eigenvalue weighted by molar-refractivity contribution is -0.131. The van der Waals surface area contributed by atoms with Crippen LogP contribution in [0.5, 0.6) is 0 Å². The van der Waals surface area contributed by atoms with Crippen molar-refractivity contribution in [3.05, 3.63) is 108 Å². The quantitative estimate of drug-likeness (QED) is 0.460. The maximum atomic E-state index is 13.4. The summed E-state index contributed by atoms with van der Waals surface area (Å²) in [4.78, 5) is 27.4. The van der Waals surface area contributed by atoms with Gasteiger partial charge in [-0.1, -0.05) is 60.7 Å². The summed E-state index contributed by atoms with van der Waals surface area (Å²) in [6.45, 7) is 1.69. The Hall–Kier alpha value is -4.26. The van der Waals surface area contributed by atoms with Gasteiger partial charge in [-0.15, -0.1) is 0 Å². The highest BCUT2D eigenvalue weighted by Crippen LogP contribution is 2.32. The number of carbonyl (C=O) groups excluding carboxylic acids is 2. The molecule has 5 rings (SSSR count). The normalized spacial score (nSPS) is 17.9. The van der Waals surface area contributed by atoms with Crippen LogP contribution in [0.15, 0.2) is 91.1 Å². The van der Waals surface area contributed by atoms with Crippen LogP contribution in [0.2, 0.25) is 0 Å². The lowest BCUT2D eigenvalue weighted by Crippen LogP contribution is -2.40. The minimum atomic E-state index is -1.27. The monoisotopic (exact) mass is 440 g/mol. The van der Waals surface area contributed by atoms with Crippen molar-refractivity contribution < 1.29 is 14.0 Å². The Bertz CT molecular complexity index is 1320. The van der Waals surface area contributed by atoms with E-state index in [4.69, 9.17) is 5.10 Å². The fourth-order valence-electron chi connectivity index (χ4n) is 4.07. The Morgan fingerprint density at radius 1 is 0.909 bits per heavy atom. The molecule has 7 heteroatoms. The van der Waals surface area contributed by atoms with Crippen LogP contribution >= 0.6 is 0 Å². The molecule has 3 aromatic carbocycles. The zero-order valence-corrected chi connectivity index (χ0v) is 17.9. The molecular weight excluding hydrogens is 419 g/mol. The summed E-state index contributed by atoms with van der Waals surface area (Å²) >= 11 is 0. The first-order chi connectivity index (χ1) is 16.0. The zero-order chi connectivity index (χ0) is 23.0. The Morgan fingerprint density at radius 3 is 2.21 bits per heavy atom. The van der Waals surface area contributed by atoms with Crippen molar-refractivity contribution in [2.75, 3.05) is 0 Å². The van der Waals surface area contributed by atoms with Gasteiger partial charge in [0.2, 0.25) is 0 Å². The molecule has 6 nitrogen and oxygen atoms in total. The van der Waals surface area contributed by atoms with Crippen LogP contribution in [-0.4, -0.2) is 26.6 Å². The molecule has 2 heterocycles. The van der Waals surface area contributed by atoms with Gasteiger partial charge in [-0.2, -0.15) is 5.10 Å². The molecule has 1 fully saturated rings. The van der Waals surface area contributed by atoms with E-state index >= 15 is 0 Å². The predicted molar refractivity (Wildman–Crippen MR) is 122 cm³/mol. The van der Waals surface area contributed by atoms with Gasteiger partial charge in [-0.3, -0.25) is 9.69 Å². The molecule has 33 heavy (non-hydrogen) atoms. The van der Waals surface area contributed by atoms with E-state index in [0.29, 0.717) is 11.3 Å². The van der Waals surface area contributed by atoms with Gasteiger partial charge in [-0.05, 0) is 36.8 Å². The molecule has 1 atom stereocenters. The van der Waals surface area contributed by atoms with Crippen molar-refractivity contribution in [1.82, 2.24) is 20.0 Å². The van der Waals surface area contributed by atoms with Crippen LogP contribution in [0.25, 0.3) is 16.9 Å². The predicted octanol–water partition coefficient (Wildman–Crippen LogP) is 4.65. The van der Waals surface area contributed by atoms with E-state index in [-0.39, 0.29) is 6.54 Å². The average Bonchev–Trinajstić information content (AvgIpc) is 3.36. The fourth-order valence-corrected chi connectivity index (χ4v) is 4.07. The maximum Gasteiger partial charge on any atom is 0.325 e. The summed E-state index contributed by atoms with van der Waals surface area (Å²) in [6.07, 6.45) is 1.84. The molecule has 0 spiro atoms. The zero-order valence-electron chi connectivity index (χ0n) is 17.9. The second-order valence-electron chi connectivity index (χ2n) is 8.10. The Morgan fingerprint density at radius 2 is 1.55 bits per heavy atom. The molecule has 1 saturated heterocycles. The SMILES string of the molecule is CC1(c2ccc(F)cc2)NC(=O)N(Cc2cn(-c3ccccc3)nc2-c2ccccc2)C1=O. The highest BCUT2D eigenvalue weighted by atomic mass is 19.1. The number of nitrogens with zero attached hydrogens (tertiary/aromatic N) is 3. The second kappa shape index (κ2) is 8.02. The summed E-state index contributed by atoms with van der Waals surface area (Å²) in [5.41, 5.74) is 2.43. The van der Waals surface area contributed by atoms with Gasteiger partial charge < -0.3 is 5.32 Å². The first-order valence-electron chi connectivity index (χ1n) is 10.6. The second-order valence-corrected chi connectivity index (χ2v) is 8.10. The number of imide groups is 1. The number of carbonyl (C=O) groups is 2. The molecule has 1 aromatic heterocycles. The van der Waals surface area contributed by atoms with Crippen LogP contribution in [0.4, 0.5) is 9.18 Å². The van der Waals surface area contributed by atoms with E-state index in [1.807, 2.05) is 66.9 Å². The first kappa shape index (κ1) is 20.6. The number of para-hydroxylation sites is 1. The Labute approximate surface area is 190 Å². The molecule has 4 aromatic rings. The molecule has 3 amide bonds. The van der Waals surface area contributed by atoms with Crippen molar-refractivity contribution in [2.45, 2.75) is 19.0 Å². The third-order valence-corrected chi connectivity index (χ3v) is 5.88. The third kappa shape index (κ3) is 3.67. The van der Waals surface area contributed by atoms with E-state index in [0.717, 1.165) is 16.8 Å². The van der Waals surface area contributed by atoms with Gasteiger partial charge in [0, 0.05) is 17.3 Å². The van der Waals surface area contributed by atoms with Crippen molar-refractivity contribution in [3.8, 4) is 16.9 Å². The summed E-state index contributed by atoms with van der Waals surface area (Å²) in [7, 11) is 0. The third-order valence-electron chi connectivity index (χ3n) is 5.88. The van der Waals surface area contributed by atoms with E-state index in [9.17, 15) is 14.0 Å². The van der Waals surface area contributed by atoms with E-state index in [1.54, 1.807) is 11.6 Å². The van der Waals surface area contributed by atoms with Crippen LogP contribution in [0, 0.1) is 5.82 Å². The minimum absolute atomic E-state index is 0.0541. The van der Waals surface area contributed by atoms with E-state index < -0.39 is 23.3 Å². The summed E-state index contributed by atoms with van der Waals surface area (Å²) in [5, 5.41) is 7.52. The Kier molecular flexibility index (Phi) is 5.01. The largest absolute Gasteiger partial charge is 0.325 e. The van der Waals surface area contributed by atoms with Crippen LogP contribution in [-0.2, 0) is 16.9 Å². The smallest absolute Gasteiger partial charge is 0.319 e. The summed E-state index contributed by atoms with van der Waals surface area (Å²) in [5.74, 6) is -0.803. The number of aromatic nitrogens is 2. The number of benzene rings is 3. The number of rotatable bonds is 5. The van der Waals surface area contributed by atoms with Crippen molar-refractivity contribution >= 4 is 11.9 Å². The molecule has 0 aliphatic carbocycles. The number of hydrogen-bond acceptors (Lipinski definition) is 3. The van der Waals surface area contributed by atoms with Gasteiger partial charge in [0.25, 0.3) is 5.91 Å². The molecule has 0 bridgehead atoms. The van der Waals surface area contributed by atoms with Gasteiger partial charge >= 0.3 is 6.03 Å². The van der Waals surface area contributed by atoms with E-state index in [2.05, 4.69) is 5.32 Å². The van der Waals surface area contributed by atoms with Crippen LogP contribution in [0.3, 0.4) is 0 Å². The van der Waals surface area contributed by atoms with Crippen molar-refractivity contribution in [3.63, 3.8) is 0 Å². The fraction of sp³-hybridized carbons (Fsp3) is 0.115. The first-order valence-corrected chi connectivity index (χ1v) is 10.6. The highest BCUT2D eigenvalue weighted by Gasteiger charge is 2.49. The van der Waals surface area contributed by atoms with Crippen molar-refractivity contribution in [2.24, 2.45) is 0 Å². The highest BCUT2D eigenvalue weighted by molar-refractivity contribution is 6.07. The molecule has 1 aliphatic heterocycles. The minimum Gasteiger partial charge on any atom is -0.319 e. The number of urea groups is 1. The molecule has 1 unspecified atom stereocenters. The lowest BCUT2D eigenvalue weighted by Gasteiger charge is -2.22. The molecule has 164 valence electrons. The van der Waals surface area contributed by atoms with Gasteiger partial charge in [-0.25, -0.2) is 13.9 Å². The molecule has 0 radical (unpaired) electrons. The van der Waals surface area contributed by atoms with E-state index in [1.165, 1.54) is 29.2 Å². The molecular formula is C26H21FN4O2. The topological polar surface area (TPSA) is 67.2 Å². The van der Waals surface area contributed by atoms with Crippen LogP contribution in [0.1, 0.15) is 18.1 Å². The lowest BCUT2D eigenvalue weighted by atomic mass is 9.92. The summed E-state index contributed by atoms with van der Waals surface area (Å²) in [6, 6.07) is 24.4. The Balaban J connectivity index is 1.52. The van der Waals surface area contributed by atoms with Crippen molar-refractivity contribution in [1.29, 1.82) is 0 Å². The number of hydrogen-bond donors (Lipinski definition) is 1. The van der Waals surface area contributed by atoms with Gasteiger partial charge in [0.05, 0.1) is 17.9 Å². The average molecular weight is 440 g/mol. The molecule has 0 saturated carbocycles.